The summed E-state index contributed by atoms with van der Waals surface area (Å²) in [5.41, 5.74) is 5.29. The average molecular weight is 265 g/mol. The van der Waals surface area contributed by atoms with Crippen LogP contribution in [0, 0.1) is 0 Å². The lowest BCUT2D eigenvalue weighted by molar-refractivity contribution is -0.174. The number of hydrogen-bond donors (Lipinski definition) is 1. The van der Waals surface area contributed by atoms with Gasteiger partial charge in [-0.1, -0.05) is 11.6 Å². The summed E-state index contributed by atoms with van der Waals surface area (Å²) in [7, 11) is 0. The highest BCUT2D eigenvalue weighted by Crippen LogP contribution is 2.33. The normalized spacial score (nSPS) is 13.2. The van der Waals surface area contributed by atoms with Gasteiger partial charge in [0.1, 0.15) is 6.04 Å². The van der Waals surface area contributed by atoms with Gasteiger partial charge in [0, 0.05) is 12.4 Å². The fourth-order valence-electron chi connectivity index (χ4n) is 1.19. The van der Waals surface area contributed by atoms with E-state index in [1.165, 1.54) is 25.4 Å². The van der Waals surface area contributed by atoms with E-state index in [2.05, 4.69) is 9.72 Å². The number of esters is 1. The van der Waals surface area contributed by atoms with Crippen LogP contribution in [0.3, 0.4) is 0 Å². The molecule has 0 amide bonds. The zero-order valence-electron chi connectivity index (χ0n) is 8.99. The van der Waals surface area contributed by atoms with E-state index in [-0.39, 0.29) is 17.2 Å². The second kappa shape index (κ2) is 5.37. The number of hydrogen-bond acceptors (Lipinski definition) is 4. The Morgan fingerprint density at radius 2 is 2.35 bits per heavy atom. The molecule has 0 unspecified atom stereocenters. The molecule has 17 heavy (non-hydrogen) atoms. The summed E-state index contributed by atoms with van der Waals surface area (Å²) < 4.78 is 31.4. The largest absolute Gasteiger partial charge is 0.462 e. The van der Waals surface area contributed by atoms with Crippen LogP contribution in [0.1, 0.15) is 18.5 Å². The third-order valence-electron chi connectivity index (χ3n) is 2.08. The Morgan fingerprint density at radius 1 is 1.71 bits per heavy atom. The van der Waals surface area contributed by atoms with Crippen molar-refractivity contribution in [3.63, 3.8) is 0 Å². The average Bonchev–Trinajstić information content (AvgIpc) is 2.29. The molecule has 0 aliphatic heterocycles. The Bertz CT molecular complexity index is 415. The summed E-state index contributed by atoms with van der Waals surface area (Å²) in [6, 6.07) is -0.628. The van der Waals surface area contributed by atoms with Crippen molar-refractivity contribution in [2.24, 2.45) is 5.73 Å². The van der Waals surface area contributed by atoms with Gasteiger partial charge in [-0.15, -0.1) is 0 Å². The second-order valence-electron chi connectivity index (χ2n) is 3.22. The van der Waals surface area contributed by atoms with Crippen molar-refractivity contribution >= 4 is 17.6 Å². The van der Waals surface area contributed by atoms with Crippen LogP contribution < -0.4 is 5.73 Å². The molecule has 0 aliphatic carbocycles. The molecule has 1 aromatic rings. The highest BCUT2D eigenvalue weighted by atomic mass is 35.5. The summed E-state index contributed by atoms with van der Waals surface area (Å²) in [5, 5.41) is -0.0241. The van der Waals surface area contributed by atoms with Crippen molar-refractivity contribution in [3.05, 3.63) is 29.0 Å². The lowest BCUT2D eigenvalue weighted by Gasteiger charge is -2.22. The van der Waals surface area contributed by atoms with E-state index >= 15 is 0 Å². The Kier molecular flexibility index (Phi) is 4.36. The van der Waals surface area contributed by atoms with E-state index in [0.717, 1.165) is 0 Å². The molecule has 0 aliphatic rings. The molecule has 0 bridgehead atoms. The summed E-state index contributed by atoms with van der Waals surface area (Å²) in [5.74, 6) is -5.50. The molecule has 0 saturated heterocycles. The van der Waals surface area contributed by atoms with Crippen molar-refractivity contribution in [2.75, 3.05) is 6.61 Å². The number of carbonyl (C=O) groups excluding carboxylic acids is 1. The lowest BCUT2D eigenvalue weighted by atomic mass is 10.0. The van der Waals surface area contributed by atoms with Gasteiger partial charge in [-0.25, -0.2) is 4.79 Å². The van der Waals surface area contributed by atoms with Crippen molar-refractivity contribution < 1.29 is 18.3 Å². The van der Waals surface area contributed by atoms with Gasteiger partial charge in [-0.3, -0.25) is 4.98 Å². The predicted octanol–water partition coefficient (Wildman–Crippen LogP) is 1.93. The number of nitrogens with zero attached hydrogens (tertiary/aromatic N) is 1. The first-order chi connectivity index (χ1) is 7.91. The van der Waals surface area contributed by atoms with Gasteiger partial charge < -0.3 is 10.5 Å². The van der Waals surface area contributed by atoms with Crippen LogP contribution in [0.15, 0.2) is 18.5 Å². The Morgan fingerprint density at radius 3 is 2.88 bits per heavy atom. The van der Waals surface area contributed by atoms with E-state index in [1.807, 2.05) is 0 Å². The smallest absolute Gasteiger partial charge is 0.379 e. The standard InChI is InChI=1S/C10H11ClF2N2O2/c1-2-17-9(16)10(12,13)8(14)6-3-4-15-5-7(6)11/h3-5,8H,2,14H2,1H3/t8-/m1/s1. The molecule has 1 atom stereocenters. The minimum absolute atomic E-state index is 0.0241. The summed E-state index contributed by atoms with van der Waals surface area (Å²) >= 11 is 5.68. The van der Waals surface area contributed by atoms with Crippen LogP contribution in [0.4, 0.5) is 8.78 Å². The van der Waals surface area contributed by atoms with Gasteiger partial charge in [0.2, 0.25) is 0 Å². The molecule has 0 fully saturated rings. The fraction of sp³-hybridized carbons (Fsp3) is 0.400. The summed E-state index contributed by atoms with van der Waals surface area (Å²) in [6.07, 6.45) is 2.44. The summed E-state index contributed by atoms with van der Waals surface area (Å²) in [4.78, 5) is 14.7. The molecule has 94 valence electrons. The van der Waals surface area contributed by atoms with E-state index in [1.54, 1.807) is 0 Å². The molecule has 4 nitrogen and oxygen atoms in total. The van der Waals surface area contributed by atoms with Crippen molar-refractivity contribution in [1.82, 2.24) is 4.98 Å². The van der Waals surface area contributed by atoms with Gasteiger partial charge in [0.25, 0.3) is 0 Å². The highest BCUT2D eigenvalue weighted by molar-refractivity contribution is 6.31. The van der Waals surface area contributed by atoms with E-state index in [9.17, 15) is 13.6 Å². The monoisotopic (exact) mass is 264 g/mol. The van der Waals surface area contributed by atoms with Crippen molar-refractivity contribution in [2.45, 2.75) is 18.9 Å². The van der Waals surface area contributed by atoms with Crippen LogP contribution in [-0.2, 0) is 9.53 Å². The maximum absolute atomic E-state index is 13.6. The lowest BCUT2D eigenvalue weighted by Crippen LogP contribution is -2.41. The molecule has 0 spiro atoms. The molecule has 1 heterocycles. The first-order valence-electron chi connectivity index (χ1n) is 4.81. The van der Waals surface area contributed by atoms with E-state index < -0.39 is 17.9 Å². The van der Waals surface area contributed by atoms with Crippen LogP contribution in [0.25, 0.3) is 0 Å². The molecule has 0 saturated carbocycles. The van der Waals surface area contributed by atoms with Crippen LogP contribution in [0.2, 0.25) is 5.02 Å². The second-order valence-corrected chi connectivity index (χ2v) is 3.63. The molecule has 0 radical (unpaired) electrons. The SMILES string of the molecule is CCOC(=O)C(F)(F)[C@H](N)c1ccncc1Cl. The topological polar surface area (TPSA) is 65.2 Å². The first kappa shape index (κ1) is 13.8. The minimum atomic E-state index is -3.83. The third-order valence-corrected chi connectivity index (χ3v) is 2.39. The number of aromatic nitrogens is 1. The van der Waals surface area contributed by atoms with Gasteiger partial charge in [0.15, 0.2) is 0 Å². The number of nitrogens with two attached hydrogens (primary N) is 1. The van der Waals surface area contributed by atoms with Gasteiger partial charge in [-0.05, 0) is 18.6 Å². The third kappa shape index (κ3) is 2.89. The van der Waals surface area contributed by atoms with Crippen LogP contribution in [0.5, 0.6) is 0 Å². The van der Waals surface area contributed by atoms with Gasteiger partial charge in [-0.2, -0.15) is 8.78 Å². The van der Waals surface area contributed by atoms with E-state index in [4.69, 9.17) is 17.3 Å². The fourth-order valence-corrected chi connectivity index (χ4v) is 1.42. The first-order valence-corrected chi connectivity index (χ1v) is 5.19. The molecule has 0 aromatic carbocycles. The maximum atomic E-state index is 13.6. The Labute approximate surface area is 102 Å². The van der Waals surface area contributed by atoms with Gasteiger partial charge >= 0.3 is 11.9 Å². The molecular weight excluding hydrogens is 254 g/mol. The molecule has 2 N–H and O–H groups in total. The zero-order chi connectivity index (χ0) is 13.1. The predicted molar refractivity (Wildman–Crippen MR) is 57.8 cm³/mol. The van der Waals surface area contributed by atoms with Crippen molar-refractivity contribution in [3.8, 4) is 0 Å². The maximum Gasteiger partial charge on any atom is 0.379 e. The number of carbonyl (C=O) groups is 1. The summed E-state index contributed by atoms with van der Waals surface area (Å²) in [6.45, 7) is 1.28. The number of rotatable bonds is 4. The minimum Gasteiger partial charge on any atom is -0.462 e. The number of halogens is 3. The molecule has 1 aromatic heterocycles. The molecule has 1 rings (SSSR count). The van der Waals surface area contributed by atoms with Gasteiger partial charge in [0.05, 0.1) is 11.6 Å². The van der Waals surface area contributed by atoms with Crippen LogP contribution >= 0.6 is 11.6 Å². The highest BCUT2D eigenvalue weighted by Gasteiger charge is 2.48. The quantitative estimate of drug-likeness (QED) is 0.844. The number of alkyl halides is 2. The molecular formula is C10H11ClF2N2O2. The van der Waals surface area contributed by atoms with Crippen molar-refractivity contribution in [1.29, 1.82) is 0 Å². The van der Waals surface area contributed by atoms with E-state index in [0.29, 0.717) is 0 Å². The van der Waals surface area contributed by atoms with Crippen LogP contribution in [-0.4, -0.2) is 23.5 Å². The Balaban J connectivity index is 3.00. The Hall–Kier alpha value is -1.27. The number of pyridine rings is 1. The zero-order valence-corrected chi connectivity index (χ0v) is 9.75. The molecule has 7 heteroatoms. The number of ether oxygens (including phenoxy) is 1.